The highest BCUT2D eigenvalue weighted by molar-refractivity contribution is 6.32. The minimum absolute atomic E-state index is 0.104. The van der Waals surface area contributed by atoms with Crippen LogP contribution in [0.3, 0.4) is 0 Å². The van der Waals surface area contributed by atoms with E-state index in [1.54, 1.807) is 7.05 Å². The number of benzene rings is 1. The third-order valence-electron chi connectivity index (χ3n) is 2.97. The third-order valence-corrected chi connectivity index (χ3v) is 3.27. The second-order valence-corrected chi connectivity index (χ2v) is 4.66. The Morgan fingerprint density at radius 1 is 1.20 bits per heavy atom. The Kier molecular flexibility index (Phi) is 2.65. The molecule has 0 unspecified atom stereocenters. The predicted molar refractivity (Wildman–Crippen MR) is 74.5 cm³/mol. The molecule has 2 heterocycles. The van der Waals surface area contributed by atoms with Gasteiger partial charge in [-0.05, 0) is 6.07 Å². The SMILES string of the molecule is Cn1nc(-c2cc(Cl)c(O)cc2O)c2c(N)ncnc21. The number of aromatic nitrogens is 4. The topological polar surface area (TPSA) is 110 Å². The largest absolute Gasteiger partial charge is 0.507 e. The van der Waals surface area contributed by atoms with Gasteiger partial charge in [0.15, 0.2) is 5.65 Å². The fourth-order valence-corrected chi connectivity index (χ4v) is 2.20. The zero-order valence-electron chi connectivity index (χ0n) is 10.4. The number of nitrogens with two attached hydrogens (primary N) is 1. The van der Waals surface area contributed by atoms with Crippen LogP contribution >= 0.6 is 11.6 Å². The molecule has 1 aromatic carbocycles. The number of rotatable bonds is 1. The summed E-state index contributed by atoms with van der Waals surface area (Å²) in [6.45, 7) is 0. The van der Waals surface area contributed by atoms with E-state index in [1.165, 1.54) is 17.1 Å². The van der Waals surface area contributed by atoms with Crippen molar-refractivity contribution < 1.29 is 10.2 Å². The summed E-state index contributed by atoms with van der Waals surface area (Å²) in [7, 11) is 1.71. The molecular formula is C12H10ClN5O2. The van der Waals surface area contributed by atoms with Crippen molar-refractivity contribution in [3.63, 3.8) is 0 Å². The normalized spacial score (nSPS) is 11.1. The van der Waals surface area contributed by atoms with Crippen LogP contribution in [0.1, 0.15) is 0 Å². The highest BCUT2D eigenvalue weighted by Crippen LogP contribution is 2.39. The summed E-state index contributed by atoms with van der Waals surface area (Å²) in [5, 5.41) is 24.4. The molecule has 20 heavy (non-hydrogen) atoms. The predicted octanol–water partition coefficient (Wildman–Crippen LogP) is 1.68. The molecular weight excluding hydrogens is 282 g/mol. The molecule has 0 bridgehead atoms. The summed E-state index contributed by atoms with van der Waals surface area (Å²) in [5.74, 6) is -0.116. The zero-order chi connectivity index (χ0) is 14.4. The Balaban J connectivity index is 2.39. The number of fused-ring (bicyclic) bond motifs is 1. The van der Waals surface area contributed by atoms with Gasteiger partial charge in [0, 0.05) is 18.7 Å². The number of nitrogens with zero attached hydrogens (tertiary/aromatic N) is 4. The molecule has 0 spiro atoms. The third kappa shape index (κ3) is 1.71. The highest BCUT2D eigenvalue weighted by Gasteiger charge is 2.19. The molecule has 0 saturated carbocycles. The summed E-state index contributed by atoms with van der Waals surface area (Å²) < 4.78 is 1.53. The number of hydrogen-bond donors (Lipinski definition) is 3. The fraction of sp³-hybridized carbons (Fsp3) is 0.0833. The summed E-state index contributed by atoms with van der Waals surface area (Å²) in [6.07, 6.45) is 1.34. The smallest absolute Gasteiger partial charge is 0.163 e. The lowest BCUT2D eigenvalue weighted by atomic mass is 10.1. The van der Waals surface area contributed by atoms with Gasteiger partial charge in [0.1, 0.15) is 29.3 Å². The maximum atomic E-state index is 9.98. The average molecular weight is 292 g/mol. The quantitative estimate of drug-likeness (QED) is 0.629. The Morgan fingerprint density at radius 3 is 2.70 bits per heavy atom. The van der Waals surface area contributed by atoms with Gasteiger partial charge in [-0.15, -0.1) is 0 Å². The van der Waals surface area contributed by atoms with Crippen molar-refractivity contribution in [2.45, 2.75) is 0 Å². The van der Waals surface area contributed by atoms with Crippen LogP contribution in [0, 0.1) is 0 Å². The second-order valence-electron chi connectivity index (χ2n) is 4.25. The van der Waals surface area contributed by atoms with Gasteiger partial charge in [-0.2, -0.15) is 5.10 Å². The van der Waals surface area contributed by atoms with Gasteiger partial charge in [-0.25, -0.2) is 14.6 Å². The number of aryl methyl sites for hydroxylation is 1. The van der Waals surface area contributed by atoms with E-state index >= 15 is 0 Å². The van der Waals surface area contributed by atoms with Gasteiger partial charge in [-0.3, -0.25) is 0 Å². The van der Waals surface area contributed by atoms with Crippen LogP contribution in [0.2, 0.25) is 5.02 Å². The molecule has 0 aliphatic carbocycles. The number of phenolic OH excluding ortho intramolecular Hbond substituents is 2. The van der Waals surface area contributed by atoms with E-state index in [0.717, 1.165) is 6.07 Å². The Labute approximate surface area is 118 Å². The van der Waals surface area contributed by atoms with Gasteiger partial charge >= 0.3 is 0 Å². The summed E-state index contributed by atoms with van der Waals surface area (Å²) >= 11 is 5.88. The monoisotopic (exact) mass is 291 g/mol. The van der Waals surface area contributed by atoms with Crippen LogP contribution in [0.15, 0.2) is 18.5 Å². The van der Waals surface area contributed by atoms with E-state index in [-0.39, 0.29) is 22.3 Å². The van der Waals surface area contributed by atoms with Crippen LogP contribution < -0.4 is 5.73 Å². The van der Waals surface area contributed by atoms with Gasteiger partial charge in [-0.1, -0.05) is 11.6 Å². The standard InChI is InChI=1S/C12H10ClN5O2/c1-18-12-9(11(14)15-4-16-12)10(17-18)5-2-6(13)8(20)3-7(5)19/h2-4,19-20H,1H3,(H2,14,15,16). The van der Waals surface area contributed by atoms with Gasteiger partial charge in [0.25, 0.3) is 0 Å². The molecule has 3 rings (SSSR count). The Hall–Kier alpha value is -2.54. The Morgan fingerprint density at radius 2 is 1.95 bits per heavy atom. The van der Waals surface area contributed by atoms with Crippen molar-refractivity contribution in [2.75, 3.05) is 5.73 Å². The van der Waals surface area contributed by atoms with Crippen LogP contribution in [0.25, 0.3) is 22.3 Å². The molecule has 0 saturated heterocycles. The minimum Gasteiger partial charge on any atom is -0.507 e. The van der Waals surface area contributed by atoms with Crippen molar-refractivity contribution in [2.24, 2.45) is 7.05 Å². The molecule has 0 atom stereocenters. The molecule has 0 amide bonds. The minimum atomic E-state index is -0.211. The van der Waals surface area contributed by atoms with Crippen LogP contribution in [-0.2, 0) is 7.05 Å². The molecule has 7 nitrogen and oxygen atoms in total. The number of aromatic hydroxyl groups is 2. The molecule has 2 aromatic heterocycles. The molecule has 8 heteroatoms. The molecule has 0 radical (unpaired) electrons. The molecule has 4 N–H and O–H groups in total. The first-order chi connectivity index (χ1) is 9.49. The first kappa shape index (κ1) is 12.5. The van der Waals surface area contributed by atoms with Crippen molar-refractivity contribution in [1.82, 2.24) is 19.7 Å². The number of phenols is 2. The lowest BCUT2D eigenvalue weighted by molar-refractivity contribution is 0.452. The lowest BCUT2D eigenvalue weighted by Crippen LogP contribution is -1.95. The number of halogens is 1. The lowest BCUT2D eigenvalue weighted by Gasteiger charge is -2.05. The molecule has 102 valence electrons. The molecule has 3 aromatic rings. The van der Waals surface area contributed by atoms with E-state index in [2.05, 4.69) is 15.1 Å². The van der Waals surface area contributed by atoms with Crippen LogP contribution in [0.5, 0.6) is 11.5 Å². The van der Waals surface area contributed by atoms with Gasteiger partial charge < -0.3 is 15.9 Å². The van der Waals surface area contributed by atoms with E-state index < -0.39 is 0 Å². The van der Waals surface area contributed by atoms with Crippen molar-refractivity contribution in [1.29, 1.82) is 0 Å². The first-order valence-corrected chi connectivity index (χ1v) is 6.02. The van der Waals surface area contributed by atoms with E-state index in [0.29, 0.717) is 22.3 Å². The van der Waals surface area contributed by atoms with Crippen LogP contribution in [0.4, 0.5) is 5.82 Å². The second kappa shape index (κ2) is 4.24. The average Bonchev–Trinajstić information content (AvgIpc) is 2.73. The summed E-state index contributed by atoms with van der Waals surface area (Å²) in [6, 6.07) is 2.57. The van der Waals surface area contributed by atoms with Crippen molar-refractivity contribution in [3.05, 3.63) is 23.5 Å². The zero-order valence-corrected chi connectivity index (χ0v) is 11.1. The van der Waals surface area contributed by atoms with Gasteiger partial charge in [0.05, 0.1) is 10.4 Å². The van der Waals surface area contributed by atoms with E-state index in [1.807, 2.05) is 0 Å². The first-order valence-electron chi connectivity index (χ1n) is 5.64. The van der Waals surface area contributed by atoms with E-state index in [4.69, 9.17) is 17.3 Å². The maximum Gasteiger partial charge on any atom is 0.163 e. The fourth-order valence-electron chi connectivity index (χ4n) is 2.04. The number of nitrogen functional groups attached to an aromatic ring is 1. The van der Waals surface area contributed by atoms with Crippen molar-refractivity contribution >= 4 is 28.5 Å². The summed E-state index contributed by atoms with van der Waals surface area (Å²) in [4.78, 5) is 8.03. The van der Waals surface area contributed by atoms with Crippen molar-refractivity contribution in [3.8, 4) is 22.8 Å². The Bertz CT molecular complexity index is 830. The van der Waals surface area contributed by atoms with Crippen LogP contribution in [-0.4, -0.2) is 30.0 Å². The van der Waals surface area contributed by atoms with Gasteiger partial charge in [0.2, 0.25) is 0 Å². The molecule has 0 fully saturated rings. The maximum absolute atomic E-state index is 9.98. The number of hydrogen-bond acceptors (Lipinski definition) is 6. The molecule has 0 aliphatic rings. The highest BCUT2D eigenvalue weighted by atomic mass is 35.5. The summed E-state index contributed by atoms with van der Waals surface area (Å²) in [5.41, 5.74) is 7.15. The molecule has 0 aliphatic heterocycles. The number of anilines is 1. The van der Waals surface area contributed by atoms with E-state index in [9.17, 15) is 10.2 Å².